The van der Waals surface area contributed by atoms with Crippen molar-refractivity contribution in [3.05, 3.63) is 53.8 Å². The number of piperidine rings is 1. The van der Waals surface area contributed by atoms with Crippen molar-refractivity contribution in [1.29, 1.82) is 0 Å². The van der Waals surface area contributed by atoms with E-state index >= 15 is 0 Å². The molecule has 4 heterocycles. The SMILES string of the molecule is [C-]#[N+]CC(=O)N1CC[C@@H](C)[C@@H](N(C)c2ncnc3c2ccn3C(=O)N(C)CCN(C)C(=O)OCc2ccc(O[C@@H]3O[C@H](C(=O)OC)[C@@H](C)[C@H](OC(C)=O)[C@H]3OC(C)=O)c(N)c2)C1. The number of hydrogen-bond donors (Lipinski definition) is 1. The van der Waals surface area contributed by atoms with Crippen LogP contribution in [0.3, 0.4) is 0 Å². The first kappa shape index (κ1) is 46.4. The maximum atomic E-state index is 13.6. The number of hydrogen-bond acceptors (Lipinski definition) is 16. The Labute approximate surface area is 358 Å². The molecule has 21 heteroatoms. The molecule has 2 aliphatic heterocycles. The average Bonchev–Trinajstić information content (AvgIpc) is 3.68. The minimum atomic E-state index is -1.43. The van der Waals surface area contributed by atoms with Crippen molar-refractivity contribution in [2.45, 2.75) is 71.4 Å². The van der Waals surface area contributed by atoms with E-state index in [9.17, 15) is 28.8 Å². The standard InChI is InChI=1S/C41H53N9O12/c1-23-12-14-49(32(53)19-43-5)20-30(23)48(8)36-28-13-15-50(37(28)45-22-44-36)40(55)46(6)16-17-47(7)41(56)58-21-27-10-11-31(29(42)18-27)61-39-35(60-26(4)52)33(59-25(3)51)24(2)34(62-39)38(54)57-9/h10-11,13,15,18,22-24,30,33-35,39H,12,14,16-17,19-21,42H2,1-4,6-9H3/t23-,24+,30+,33+,34+,35-,39-/m1/s1. The molecule has 7 atom stereocenters. The van der Waals surface area contributed by atoms with Crippen molar-refractivity contribution in [3.8, 4) is 5.75 Å². The zero-order valence-corrected chi connectivity index (χ0v) is 36.0. The van der Waals surface area contributed by atoms with Gasteiger partial charge in [0, 0.05) is 73.3 Å². The van der Waals surface area contributed by atoms with Crippen LogP contribution in [0.1, 0.15) is 39.7 Å². The van der Waals surface area contributed by atoms with Crippen LogP contribution in [0.25, 0.3) is 15.9 Å². The van der Waals surface area contributed by atoms with Crippen molar-refractivity contribution in [3.63, 3.8) is 0 Å². The van der Waals surface area contributed by atoms with E-state index in [2.05, 4.69) is 21.7 Å². The summed E-state index contributed by atoms with van der Waals surface area (Å²) in [5.74, 6) is -2.19. The maximum Gasteiger partial charge on any atom is 0.409 e. The third-order valence-corrected chi connectivity index (χ3v) is 11.0. The highest BCUT2D eigenvalue weighted by Crippen LogP contribution is 2.35. The quantitative estimate of drug-likeness (QED) is 0.113. The number of benzene rings is 1. The second-order valence-corrected chi connectivity index (χ2v) is 15.3. The number of likely N-dealkylation sites (tertiary alicyclic amines) is 1. The average molecular weight is 864 g/mol. The van der Waals surface area contributed by atoms with Gasteiger partial charge in [-0.1, -0.05) is 19.9 Å². The largest absolute Gasteiger partial charge is 0.467 e. The van der Waals surface area contributed by atoms with Crippen LogP contribution in [-0.2, 0) is 49.5 Å². The number of anilines is 2. The molecule has 0 spiro atoms. The number of amides is 3. The minimum absolute atomic E-state index is 0.0685. The van der Waals surface area contributed by atoms with Crippen molar-refractivity contribution in [1.82, 2.24) is 29.2 Å². The van der Waals surface area contributed by atoms with Gasteiger partial charge >= 0.3 is 35.9 Å². The summed E-state index contributed by atoms with van der Waals surface area (Å²) >= 11 is 0. The lowest BCUT2D eigenvalue weighted by atomic mass is 9.90. The lowest BCUT2D eigenvalue weighted by Gasteiger charge is -2.42. The monoisotopic (exact) mass is 863 g/mol. The highest BCUT2D eigenvalue weighted by Gasteiger charge is 2.52. The zero-order chi connectivity index (χ0) is 45.4. The molecule has 0 saturated carbocycles. The van der Waals surface area contributed by atoms with Crippen LogP contribution in [0.5, 0.6) is 5.75 Å². The van der Waals surface area contributed by atoms with Crippen molar-refractivity contribution in [2.75, 3.05) is 71.6 Å². The molecule has 2 aliphatic rings. The third kappa shape index (κ3) is 10.6. The number of aromatic nitrogens is 3. The van der Waals surface area contributed by atoms with E-state index in [1.807, 2.05) is 11.9 Å². The normalized spacial score (nSPS) is 22.1. The van der Waals surface area contributed by atoms with E-state index in [4.69, 9.17) is 40.7 Å². The Kier molecular flexibility index (Phi) is 15.1. The predicted molar refractivity (Wildman–Crippen MR) is 220 cm³/mol. The molecular formula is C41H53N9O12. The lowest BCUT2D eigenvalue weighted by molar-refractivity contribution is -0.266. The van der Waals surface area contributed by atoms with Gasteiger partial charge in [0.2, 0.25) is 12.4 Å². The topological polar surface area (TPSA) is 232 Å². The number of esters is 3. The molecule has 0 bridgehead atoms. The molecule has 3 amide bonds. The van der Waals surface area contributed by atoms with Crippen LogP contribution in [0.4, 0.5) is 21.1 Å². The van der Waals surface area contributed by atoms with Gasteiger partial charge in [0.05, 0.1) is 24.2 Å². The van der Waals surface area contributed by atoms with Gasteiger partial charge in [0.25, 0.3) is 6.54 Å². The Morgan fingerprint density at radius 3 is 2.34 bits per heavy atom. The number of fused-ring (bicyclic) bond motifs is 1. The molecule has 2 saturated heterocycles. The van der Waals surface area contributed by atoms with E-state index in [1.165, 1.54) is 53.9 Å². The Morgan fingerprint density at radius 1 is 0.984 bits per heavy atom. The molecular weight excluding hydrogens is 811 g/mol. The predicted octanol–water partition coefficient (Wildman–Crippen LogP) is 2.55. The van der Waals surface area contributed by atoms with Gasteiger partial charge in [-0.05, 0) is 36.1 Å². The summed E-state index contributed by atoms with van der Waals surface area (Å²) in [5.41, 5.74) is 7.29. The van der Waals surface area contributed by atoms with Crippen LogP contribution < -0.4 is 15.4 Å². The first-order chi connectivity index (χ1) is 29.4. The fourth-order valence-corrected chi connectivity index (χ4v) is 7.46. The van der Waals surface area contributed by atoms with Gasteiger partial charge < -0.3 is 58.6 Å². The lowest BCUT2D eigenvalue weighted by Crippen LogP contribution is -2.60. The highest BCUT2D eigenvalue weighted by atomic mass is 16.7. The van der Waals surface area contributed by atoms with Gasteiger partial charge in [-0.2, -0.15) is 0 Å². The Hall–Kier alpha value is -6.69. The van der Waals surface area contributed by atoms with Crippen LogP contribution in [0.15, 0.2) is 36.8 Å². The van der Waals surface area contributed by atoms with Gasteiger partial charge in [-0.15, -0.1) is 0 Å². The van der Waals surface area contributed by atoms with E-state index < -0.39 is 54.5 Å². The Morgan fingerprint density at radius 2 is 1.68 bits per heavy atom. The highest BCUT2D eigenvalue weighted by molar-refractivity contribution is 5.95. The molecule has 2 N–H and O–H groups in total. The summed E-state index contributed by atoms with van der Waals surface area (Å²) in [5, 5.41) is 0.651. The van der Waals surface area contributed by atoms with Crippen LogP contribution in [0.2, 0.25) is 0 Å². The fraction of sp³-hybridized carbons (Fsp3) is 0.537. The summed E-state index contributed by atoms with van der Waals surface area (Å²) in [6, 6.07) is 5.87. The van der Waals surface area contributed by atoms with E-state index in [-0.39, 0.29) is 61.6 Å². The van der Waals surface area contributed by atoms with Gasteiger partial charge in [-0.3, -0.25) is 19.0 Å². The zero-order valence-electron chi connectivity index (χ0n) is 36.0. The van der Waals surface area contributed by atoms with Crippen LogP contribution in [-0.4, -0.2) is 157 Å². The number of likely N-dealkylation sites (N-methyl/N-ethyl adjacent to an activating group) is 3. The summed E-state index contributed by atoms with van der Waals surface area (Å²) in [6.45, 7) is 14.1. The van der Waals surface area contributed by atoms with Crippen molar-refractivity contribution < 1.29 is 57.2 Å². The third-order valence-electron chi connectivity index (χ3n) is 11.0. The minimum Gasteiger partial charge on any atom is -0.467 e. The van der Waals surface area contributed by atoms with Gasteiger partial charge in [-0.25, -0.2) is 30.9 Å². The molecule has 3 aromatic rings. The first-order valence-electron chi connectivity index (χ1n) is 19.9. The number of nitrogen functional groups attached to an aromatic ring is 1. The number of carbonyl (C=O) groups excluding carboxylic acids is 6. The van der Waals surface area contributed by atoms with E-state index in [1.54, 1.807) is 37.2 Å². The second kappa shape index (κ2) is 20.2. The fourth-order valence-electron chi connectivity index (χ4n) is 7.46. The maximum absolute atomic E-state index is 13.6. The molecule has 0 radical (unpaired) electrons. The molecule has 334 valence electrons. The molecule has 0 aliphatic carbocycles. The summed E-state index contributed by atoms with van der Waals surface area (Å²) in [4.78, 5) is 94.4. The summed E-state index contributed by atoms with van der Waals surface area (Å²) < 4.78 is 34.5. The Bertz CT molecular complexity index is 2190. The van der Waals surface area contributed by atoms with E-state index in [0.29, 0.717) is 35.5 Å². The number of rotatable bonds is 13. The molecule has 2 fully saturated rings. The molecule has 62 heavy (non-hydrogen) atoms. The number of nitrogens with zero attached hydrogens (tertiary/aromatic N) is 8. The first-order valence-corrected chi connectivity index (χ1v) is 19.9. The smallest absolute Gasteiger partial charge is 0.409 e. The molecule has 1 aromatic carbocycles. The second-order valence-electron chi connectivity index (χ2n) is 15.3. The van der Waals surface area contributed by atoms with Gasteiger partial charge in [0.1, 0.15) is 24.5 Å². The molecule has 0 unspecified atom stereocenters. The van der Waals surface area contributed by atoms with Crippen LogP contribution >= 0.6 is 0 Å². The van der Waals surface area contributed by atoms with Crippen molar-refractivity contribution >= 4 is 58.5 Å². The summed E-state index contributed by atoms with van der Waals surface area (Å²) in [7, 11) is 6.21. The van der Waals surface area contributed by atoms with Crippen LogP contribution in [0, 0.1) is 18.4 Å². The molecule has 5 rings (SSSR count). The number of carbonyl (C=O) groups is 6. The Balaban J connectivity index is 1.17. The molecule has 2 aromatic heterocycles. The number of ether oxygens (including phenoxy) is 6. The molecule has 21 nitrogen and oxygen atoms in total. The van der Waals surface area contributed by atoms with E-state index in [0.717, 1.165) is 13.3 Å². The number of methoxy groups -OCH3 is 1. The van der Waals surface area contributed by atoms with Gasteiger partial charge in [0.15, 0.2) is 17.9 Å². The summed E-state index contributed by atoms with van der Waals surface area (Å²) in [6.07, 6.45) is -1.95. The number of nitrogens with two attached hydrogens (primary N) is 1. The van der Waals surface area contributed by atoms with Crippen molar-refractivity contribution in [2.24, 2.45) is 11.8 Å².